The maximum absolute atomic E-state index is 13.6. The summed E-state index contributed by atoms with van der Waals surface area (Å²) in [6.07, 6.45) is 0. The molecule has 0 atom stereocenters. The number of anilines is 1. The molecular weight excluding hydrogens is 539 g/mol. The van der Waals surface area contributed by atoms with Crippen LogP contribution in [0.25, 0.3) is 0 Å². The van der Waals surface area contributed by atoms with Crippen molar-refractivity contribution >= 4 is 17.6 Å². The molecule has 0 unspecified atom stereocenters. The van der Waals surface area contributed by atoms with E-state index in [0.29, 0.717) is 30.2 Å². The third-order valence-electron chi connectivity index (χ3n) is 6.47. The number of alkyl halides is 2. The van der Waals surface area contributed by atoms with Crippen LogP contribution >= 0.6 is 0 Å². The van der Waals surface area contributed by atoms with Crippen LogP contribution < -0.4 is 27.2 Å². The van der Waals surface area contributed by atoms with E-state index in [4.69, 9.17) is 5.73 Å². The van der Waals surface area contributed by atoms with E-state index < -0.39 is 23.8 Å². The second-order valence-corrected chi connectivity index (χ2v) is 9.27. The normalized spacial score (nSPS) is 12.7. The maximum Gasteiger partial charge on any atom is 0.387 e. The quantitative estimate of drug-likeness (QED) is 0.303. The Bertz CT molecular complexity index is 1670. The molecule has 0 spiro atoms. The molecule has 2 heterocycles. The molecule has 5 rings (SSSR count). The van der Waals surface area contributed by atoms with Crippen LogP contribution in [0, 0.1) is 5.82 Å². The van der Waals surface area contributed by atoms with Gasteiger partial charge in [0.25, 0.3) is 0 Å². The zero-order valence-corrected chi connectivity index (χ0v) is 21.7. The minimum absolute atomic E-state index is 0.0203. The molecule has 0 bridgehead atoms. The fraction of sp³-hybridized carbons (Fsp3) is 0.214. The second kappa shape index (κ2) is 12.0. The predicted molar refractivity (Wildman–Crippen MR) is 147 cm³/mol. The molecule has 212 valence electrons. The van der Waals surface area contributed by atoms with Gasteiger partial charge in [0.1, 0.15) is 11.6 Å². The zero-order valence-electron chi connectivity index (χ0n) is 21.7. The summed E-state index contributed by atoms with van der Waals surface area (Å²) in [6.45, 7) is -1.89. The van der Waals surface area contributed by atoms with Crippen LogP contribution in [0.15, 0.2) is 87.4 Å². The number of fused-ring (bicyclic) bond motifs is 1. The monoisotopic (exact) mass is 565 g/mol. The highest BCUT2D eigenvalue weighted by Gasteiger charge is 2.18. The SMILES string of the molecule is NC1=Nc2ccccc2CN1CCNc1nc(=O)n(Cc2ccc(F)cc2)c(=O)n1Cc1ccc(OC(F)F)cc1. The first kappa shape index (κ1) is 27.5. The lowest BCUT2D eigenvalue weighted by molar-refractivity contribution is -0.0498. The lowest BCUT2D eigenvalue weighted by atomic mass is 10.1. The van der Waals surface area contributed by atoms with Crippen molar-refractivity contribution in [3.05, 3.63) is 116 Å². The average Bonchev–Trinajstić information content (AvgIpc) is 2.95. The molecule has 41 heavy (non-hydrogen) atoms. The van der Waals surface area contributed by atoms with Crippen LogP contribution in [0.4, 0.5) is 24.8 Å². The van der Waals surface area contributed by atoms with Gasteiger partial charge in [0.05, 0.1) is 18.8 Å². The maximum atomic E-state index is 13.6. The van der Waals surface area contributed by atoms with Gasteiger partial charge in [-0.2, -0.15) is 13.8 Å². The largest absolute Gasteiger partial charge is 0.435 e. The minimum Gasteiger partial charge on any atom is -0.435 e. The molecule has 3 aromatic carbocycles. The fourth-order valence-corrected chi connectivity index (χ4v) is 4.40. The first-order chi connectivity index (χ1) is 19.8. The van der Waals surface area contributed by atoms with Gasteiger partial charge in [-0.3, -0.25) is 4.57 Å². The molecule has 0 saturated carbocycles. The number of aromatic nitrogens is 3. The predicted octanol–water partition coefficient (Wildman–Crippen LogP) is 3.12. The molecule has 0 saturated heterocycles. The Morgan fingerprint density at radius 2 is 1.59 bits per heavy atom. The van der Waals surface area contributed by atoms with E-state index in [9.17, 15) is 22.8 Å². The topological polar surface area (TPSA) is 120 Å². The number of hydrogen-bond donors (Lipinski definition) is 2. The van der Waals surface area contributed by atoms with Gasteiger partial charge < -0.3 is 20.7 Å². The molecule has 1 aliphatic heterocycles. The molecule has 1 aromatic heterocycles. The number of ether oxygens (including phenoxy) is 1. The van der Waals surface area contributed by atoms with Gasteiger partial charge in [-0.25, -0.2) is 23.5 Å². The van der Waals surface area contributed by atoms with Gasteiger partial charge in [0, 0.05) is 19.6 Å². The highest BCUT2D eigenvalue weighted by atomic mass is 19.3. The highest BCUT2D eigenvalue weighted by Crippen LogP contribution is 2.24. The van der Waals surface area contributed by atoms with Crippen LogP contribution in [0.2, 0.25) is 0 Å². The lowest BCUT2D eigenvalue weighted by Crippen LogP contribution is -2.44. The number of nitrogens with two attached hydrogens (primary N) is 1. The van der Waals surface area contributed by atoms with Crippen molar-refractivity contribution in [3.8, 4) is 5.75 Å². The van der Waals surface area contributed by atoms with Crippen molar-refractivity contribution in [2.45, 2.75) is 26.2 Å². The average molecular weight is 566 g/mol. The summed E-state index contributed by atoms with van der Waals surface area (Å²) in [6, 6.07) is 18.9. The Hall–Kier alpha value is -5.07. The highest BCUT2D eigenvalue weighted by molar-refractivity contribution is 5.83. The van der Waals surface area contributed by atoms with Crippen molar-refractivity contribution < 1.29 is 17.9 Å². The Morgan fingerprint density at radius 1 is 0.927 bits per heavy atom. The number of rotatable bonds is 10. The molecule has 0 amide bonds. The van der Waals surface area contributed by atoms with E-state index in [-0.39, 0.29) is 31.3 Å². The molecule has 4 aromatic rings. The molecular formula is C28H26F3N7O3. The summed E-state index contributed by atoms with van der Waals surface area (Å²) in [4.78, 5) is 36.9. The van der Waals surface area contributed by atoms with Gasteiger partial charge >= 0.3 is 18.0 Å². The van der Waals surface area contributed by atoms with Crippen molar-refractivity contribution in [1.82, 2.24) is 19.0 Å². The standard InChI is InChI=1S/C28H26F3N7O3/c29-21-9-5-18(6-10-21)16-38-27(39)35-26(33-13-14-36-17-20-3-1-2-4-23(20)34-25(36)32)37(28(38)40)15-19-7-11-22(12-8-19)41-24(30)31/h1-12,24H,13-17H2,(H2,32,34)(H,33,35,39). The first-order valence-electron chi connectivity index (χ1n) is 12.7. The van der Waals surface area contributed by atoms with Crippen molar-refractivity contribution in [2.24, 2.45) is 10.7 Å². The molecule has 13 heteroatoms. The van der Waals surface area contributed by atoms with Crippen LogP contribution in [0.3, 0.4) is 0 Å². The van der Waals surface area contributed by atoms with Crippen LogP contribution in [0.5, 0.6) is 5.75 Å². The number of aliphatic imine (C=N–C) groups is 1. The van der Waals surface area contributed by atoms with Crippen molar-refractivity contribution in [2.75, 3.05) is 18.4 Å². The number of guanidine groups is 1. The van der Waals surface area contributed by atoms with Crippen LogP contribution in [0.1, 0.15) is 16.7 Å². The number of benzene rings is 3. The molecule has 3 N–H and O–H groups in total. The third kappa shape index (κ3) is 6.57. The number of hydrogen-bond acceptors (Lipinski definition) is 8. The van der Waals surface area contributed by atoms with E-state index in [1.165, 1.54) is 53.1 Å². The summed E-state index contributed by atoms with van der Waals surface area (Å²) < 4.78 is 45.1. The van der Waals surface area contributed by atoms with Gasteiger partial charge in [-0.1, -0.05) is 42.5 Å². The van der Waals surface area contributed by atoms with Gasteiger partial charge in [0.15, 0.2) is 5.96 Å². The molecule has 0 aliphatic carbocycles. The van der Waals surface area contributed by atoms with Crippen LogP contribution in [-0.4, -0.2) is 44.7 Å². The van der Waals surface area contributed by atoms with E-state index in [2.05, 4.69) is 20.0 Å². The zero-order chi connectivity index (χ0) is 28.9. The van der Waals surface area contributed by atoms with E-state index in [0.717, 1.165) is 15.8 Å². The van der Waals surface area contributed by atoms with Gasteiger partial charge in [-0.05, 0) is 47.0 Å². The van der Waals surface area contributed by atoms with Crippen molar-refractivity contribution in [3.63, 3.8) is 0 Å². The number of nitrogens with zero attached hydrogens (tertiary/aromatic N) is 5. The minimum atomic E-state index is -2.97. The molecule has 1 aliphatic rings. The number of nitrogens with one attached hydrogen (secondary N) is 1. The molecule has 0 fully saturated rings. The molecule has 0 radical (unpaired) electrons. The Labute approximate surface area is 232 Å². The van der Waals surface area contributed by atoms with Crippen molar-refractivity contribution in [1.29, 1.82) is 0 Å². The smallest absolute Gasteiger partial charge is 0.387 e. The lowest BCUT2D eigenvalue weighted by Gasteiger charge is -2.28. The Kier molecular flexibility index (Phi) is 8.04. The summed E-state index contributed by atoms with van der Waals surface area (Å²) in [5.41, 5.74) is 7.63. The number of para-hydroxylation sites is 1. The second-order valence-electron chi connectivity index (χ2n) is 9.27. The third-order valence-corrected chi connectivity index (χ3v) is 6.47. The summed E-state index contributed by atoms with van der Waals surface area (Å²) >= 11 is 0. The summed E-state index contributed by atoms with van der Waals surface area (Å²) in [5.74, 6) is -0.109. The first-order valence-corrected chi connectivity index (χ1v) is 12.7. The summed E-state index contributed by atoms with van der Waals surface area (Å²) in [7, 11) is 0. The van der Waals surface area contributed by atoms with Gasteiger partial charge in [-0.15, -0.1) is 0 Å². The van der Waals surface area contributed by atoms with E-state index in [1.54, 1.807) is 0 Å². The van der Waals surface area contributed by atoms with Gasteiger partial charge in [0.2, 0.25) is 5.95 Å². The molecule has 10 nitrogen and oxygen atoms in total. The van der Waals surface area contributed by atoms with Crippen LogP contribution in [-0.2, 0) is 19.6 Å². The van der Waals surface area contributed by atoms with E-state index >= 15 is 0 Å². The number of halogens is 3. The summed E-state index contributed by atoms with van der Waals surface area (Å²) in [5, 5.41) is 3.06. The fourth-order valence-electron chi connectivity index (χ4n) is 4.40. The Balaban J connectivity index is 1.40. The van der Waals surface area contributed by atoms with E-state index in [1.807, 2.05) is 29.2 Å². The Morgan fingerprint density at radius 3 is 2.29 bits per heavy atom.